The summed E-state index contributed by atoms with van der Waals surface area (Å²) in [6.45, 7) is 0. The molecule has 8 nitrogen and oxygen atoms in total. The topological polar surface area (TPSA) is 126 Å². The Hall–Kier alpha value is -3.49. The van der Waals surface area contributed by atoms with Crippen LogP contribution in [-0.4, -0.2) is 46.4 Å². The van der Waals surface area contributed by atoms with Crippen LogP contribution in [0.25, 0.3) is 33.0 Å². The molecule has 6 rings (SSSR count). The second kappa shape index (κ2) is 7.01. The predicted molar refractivity (Wildman–Crippen MR) is 123 cm³/mol. The number of aryl methyl sites for hydroxylation is 1. The van der Waals surface area contributed by atoms with Crippen molar-refractivity contribution in [1.82, 2.24) is 24.5 Å². The van der Waals surface area contributed by atoms with Crippen LogP contribution in [0.1, 0.15) is 30.9 Å². The zero-order valence-corrected chi connectivity index (χ0v) is 17.4. The summed E-state index contributed by atoms with van der Waals surface area (Å²) in [5.41, 5.74) is 8.25. The van der Waals surface area contributed by atoms with Gasteiger partial charge in [-0.3, -0.25) is 0 Å². The van der Waals surface area contributed by atoms with E-state index in [1.165, 1.54) is 6.33 Å². The van der Waals surface area contributed by atoms with E-state index in [1.54, 1.807) is 0 Å². The highest BCUT2D eigenvalue weighted by Gasteiger charge is 2.49. The summed E-state index contributed by atoms with van der Waals surface area (Å²) in [5, 5.41) is 25.3. The van der Waals surface area contributed by atoms with Crippen molar-refractivity contribution in [1.29, 1.82) is 0 Å². The second-order valence-corrected chi connectivity index (χ2v) is 8.75. The lowest BCUT2D eigenvalue weighted by Crippen LogP contribution is -2.44. The van der Waals surface area contributed by atoms with Gasteiger partial charge >= 0.3 is 0 Å². The van der Waals surface area contributed by atoms with E-state index in [-0.39, 0.29) is 6.04 Å². The molecule has 0 spiro atoms. The molecule has 5 aromatic rings. The van der Waals surface area contributed by atoms with E-state index in [9.17, 15) is 10.2 Å². The Balaban J connectivity index is 1.31. The molecule has 1 aromatic carbocycles. The number of aliphatic hydroxyl groups is 2. The summed E-state index contributed by atoms with van der Waals surface area (Å²) in [4.78, 5) is 16.3. The third kappa shape index (κ3) is 2.87. The minimum atomic E-state index is -1.27. The highest BCUT2D eigenvalue weighted by Crippen LogP contribution is 2.44. The van der Waals surface area contributed by atoms with Crippen molar-refractivity contribution in [3.05, 3.63) is 60.7 Å². The van der Waals surface area contributed by atoms with Crippen LogP contribution in [0.2, 0.25) is 0 Å². The van der Waals surface area contributed by atoms with Crippen LogP contribution >= 0.6 is 0 Å². The lowest BCUT2D eigenvalue weighted by molar-refractivity contribution is -0.0811. The maximum absolute atomic E-state index is 11.6. The summed E-state index contributed by atoms with van der Waals surface area (Å²) >= 11 is 0. The molecule has 0 aliphatic heterocycles. The summed E-state index contributed by atoms with van der Waals surface area (Å²) in [5.74, 6) is 0.413. The molecular formula is C24H24N6O2. The molecule has 3 atom stereocenters. The van der Waals surface area contributed by atoms with E-state index >= 15 is 0 Å². The first-order chi connectivity index (χ1) is 15.5. The van der Waals surface area contributed by atoms with E-state index < -0.39 is 11.7 Å². The van der Waals surface area contributed by atoms with E-state index in [4.69, 9.17) is 10.7 Å². The third-order valence-electron chi connectivity index (χ3n) is 6.95. The predicted octanol–water partition coefficient (Wildman–Crippen LogP) is 3.10. The van der Waals surface area contributed by atoms with Gasteiger partial charge in [0, 0.05) is 23.2 Å². The van der Waals surface area contributed by atoms with Gasteiger partial charge in [-0.1, -0.05) is 12.1 Å². The quantitative estimate of drug-likeness (QED) is 0.348. The lowest BCUT2D eigenvalue weighted by Gasteiger charge is -2.34. The van der Waals surface area contributed by atoms with Gasteiger partial charge in [0.25, 0.3) is 0 Å². The van der Waals surface area contributed by atoms with Crippen LogP contribution in [0.3, 0.4) is 0 Å². The van der Waals surface area contributed by atoms with Gasteiger partial charge in [-0.25, -0.2) is 15.0 Å². The number of benzene rings is 1. The Morgan fingerprint density at radius 1 is 1.12 bits per heavy atom. The number of anilines is 1. The normalized spacial score (nSPS) is 23.6. The number of aromatic amines is 1. The molecule has 0 amide bonds. The third-order valence-corrected chi connectivity index (χ3v) is 6.95. The molecule has 0 bridgehead atoms. The van der Waals surface area contributed by atoms with Crippen LogP contribution in [0, 0.1) is 0 Å². The molecule has 1 saturated carbocycles. The number of nitrogens with two attached hydrogens (primary N) is 1. The van der Waals surface area contributed by atoms with E-state index in [0.717, 1.165) is 32.9 Å². The molecule has 0 radical (unpaired) electrons. The van der Waals surface area contributed by atoms with Crippen LogP contribution in [0.15, 0.2) is 55.1 Å². The number of nitrogens with zero attached hydrogens (tertiary/aromatic N) is 4. The monoisotopic (exact) mass is 428 g/mol. The van der Waals surface area contributed by atoms with Gasteiger partial charge in [0.05, 0.1) is 23.0 Å². The minimum Gasteiger partial charge on any atom is -0.390 e. The van der Waals surface area contributed by atoms with Crippen LogP contribution in [0.5, 0.6) is 0 Å². The number of pyridine rings is 1. The number of rotatable bonds is 4. The first-order valence-electron chi connectivity index (χ1n) is 10.9. The fraction of sp³-hybridized carbons (Fsp3) is 0.292. The summed E-state index contributed by atoms with van der Waals surface area (Å²) < 4.78 is 1.94. The summed E-state index contributed by atoms with van der Waals surface area (Å²) in [6, 6.07) is 11.9. The molecule has 1 aliphatic rings. The molecule has 1 aliphatic carbocycles. The van der Waals surface area contributed by atoms with Gasteiger partial charge in [-0.2, -0.15) is 0 Å². The number of nitrogens with one attached hydrogen (secondary N) is 1. The molecule has 3 unspecified atom stereocenters. The molecule has 8 heteroatoms. The first kappa shape index (κ1) is 19.2. The lowest BCUT2D eigenvalue weighted by atomic mass is 9.88. The number of aliphatic hydroxyl groups excluding tert-OH is 1. The van der Waals surface area contributed by atoms with Crippen LogP contribution < -0.4 is 5.73 Å². The molecular weight excluding hydrogens is 404 g/mol. The van der Waals surface area contributed by atoms with Gasteiger partial charge in [-0.05, 0) is 55.5 Å². The Morgan fingerprint density at radius 2 is 2.03 bits per heavy atom. The van der Waals surface area contributed by atoms with Crippen LogP contribution in [0.4, 0.5) is 5.82 Å². The van der Waals surface area contributed by atoms with Gasteiger partial charge < -0.3 is 25.5 Å². The minimum absolute atomic E-state index is 0.290. The van der Waals surface area contributed by atoms with Crippen molar-refractivity contribution in [2.24, 2.45) is 0 Å². The number of fused-ring (bicyclic) bond motifs is 3. The van der Waals surface area contributed by atoms with E-state index in [1.807, 2.05) is 29.1 Å². The van der Waals surface area contributed by atoms with Gasteiger partial charge in [0.15, 0.2) is 0 Å². The maximum atomic E-state index is 11.6. The van der Waals surface area contributed by atoms with Crippen molar-refractivity contribution < 1.29 is 10.2 Å². The fourth-order valence-corrected chi connectivity index (χ4v) is 5.17. The maximum Gasteiger partial charge on any atom is 0.145 e. The molecule has 4 aromatic heterocycles. The molecule has 0 saturated heterocycles. The number of H-pyrrole nitrogens is 1. The Morgan fingerprint density at radius 3 is 2.94 bits per heavy atom. The molecule has 5 N–H and O–H groups in total. The smallest absolute Gasteiger partial charge is 0.145 e. The first-order valence-corrected chi connectivity index (χ1v) is 10.9. The fourth-order valence-electron chi connectivity index (χ4n) is 5.17. The van der Waals surface area contributed by atoms with E-state index in [0.29, 0.717) is 37.1 Å². The number of nitrogen functional groups attached to an aromatic ring is 1. The Kier molecular flexibility index (Phi) is 4.21. The Labute approximate surface area is 183 Å². The SMILES string of the molecule is Nc1ncnc2c1ccn2C1CCC(O)C1(O)CCc1ccc2cc3cc[nH]c3nc2c1. The van der Waals surface area contributed by atoms with Crippen LogP contribution in [-0.2, 0) is 6.42 Å². The highest BCUT2D eigenvalue weighted by atomic mass is 16.3. The highest BCUT2D eigenvalue weighted by molar-refractivity contribution is 5.91. The van der Waals surface area contributed by atoms with Crippen molar-refractivity contribution in [3.63, 3.8) is 0 Å². The standard InChI is InChI=1S/C24H24N6O2/c25-21-17-7-10-30(23(17)28-13-27-21)19-3-4-20(31)24(19,32)8-5-14-1-2-15-12-16-6-9-26-22(16)29-18(15)11-14/h1-2,6-7,9-13,19-20,31-32H,3-5,8H2,(H,26,29)(H2,25,27,28). The van der Waals surface area contributed by atoms with Gasteiger partial charge in [0.1, 0.15) is 29.0 Å². The van der Waals surface area contributed by atoms with Crippen molar-refractivity contribution in [3.8, 4) is 0 Å². The zero-order valence-electron chi connectivity index (χ0n) is 17.4. The van der Waals surface area contributed by atoms with Crippen molar-refractivity contribution in [2.45, 2.75) is 43.4 Å². The second-order valence-electron chi connectivity index (χ2n) is 8.75. The average molecular weight is 428 g/mol. The zero-order chi connectivity index (χ0) is 21.9. The molecule has 162 valence electrons. The Bertz CT molecular complexity index is 1460. The largest absolute Gasteiger partial charge is 0.390 e. The number of aromatic nitrogens is 5. The summed E-state index contributed by atoms with van der Waals surface area (Å²) in [6.07, 6.45) is 6.64. The van der Waals surface area contributed by atoms with E-state index in [2.05, 4.69) is 39.2 Å². The molecule has 32 heavy (non-hydrogen) atoms. The molecule has 1 fully saturated rings. The van der Waals surface area contributed by atoms with Crippen molar-refractivity contribution >= 4 is 38.8 Å². The van der Waals surface area contributed by atoms with Crippen molar-refractivity contribution in [2.75, 3.05) is 5.73 Å². The summed E-state index contributed by atoms with van der Waals surface area (Å²) in [7, 11) is 0. The molecule has 4 heterocycles. The van der Waals surface area contributed by atoms with Gasteiger partial charge in [-0.15, -0.1) is 0 Å². The average Bonchev–Trinajstić information content (AvgIpc) is 3.49. The van der Waals surface area contributed by atoms with Gasteiger partial charge in [0.2, 0.25) is 0 Å². The number of hydrogen-bond acceptors (Lipinski definition) is 6. The number of hydrogen-bond donors (Lipinski definition) is 4.